The van der Waals surface area contributed by atoms with Crippen LogP contribution in [0.25, 0.3) is 0 Å². The van der Waals surface area contributed by atoms with E-state index in [1.54, 1.807) is 22.7 Å². The van der Waals surface area contributed by atoms with Crippen LogP contribution in [0.15, 0.2) is 38.4 Å². The molecule has 2 N–H and O–H groups in total. The van der Waals surface area contributed by atoms with Crippen molar-refractivity contribution >= 4 is 45.9 Å². The third-order valence-corrected chi connectivity index (χ3v) is 9.25. The number of rotatable bonds is 4. The minimum absolute atomic E-state index is 0.0403. The standard InChI is InChI=1S/C24H29ClN4S2/c1-11(2)23-26-9-8-17(28-23)20-14(5)15(6)22(31-20)24-27-16(7)18(25)19(29-24)21-13(4)12(3)10-30-21/h8-11,17,19H,1-7H3,(H,26,28)(H,27,29). The van der Waals surface area contributed by atoms with E-state index in [9.17, 15) is 0 Å². The van der Waals surface area contributed by atoms with E-state index in [4.69, 9.17) is 21.6 Å². The molecule has 0 amide bonds. The summed E-state index contributed by atoms with van der Waals surface area (Å²) in [5.74, 6) is 2.30. The molecule has 0 aromatic carbocycles. The second-order valence-electron chi connectivity index (χ2n) is 8.55. The van der Waals surface area contributed by atoms with E-state index in [2.05, 4.69) is 63.6 Å². The Labute approximate surface area is 197 Å². The first kappa shape index (κ1) is 22.3. The van der Waals surface area contributed by atoms with Crippen LogP contribution in [0.2, 0.25) is 0 Å². The average Bonchev–Trinajstić information content (AvgIpc) is 3.23. The topological polar surface area (TPSA) is 48.8 Å². The maximum Gasteiger partial charge on any atom is 0.144 e. The highest BCUT2D eigenvalue weighted by Gasteiger charge is 2.29. The first-order valence-corrected chi connectivity index (χ1v) is 12.6. The molecule has 0 saturated heterocycles. The smallest absolute Gasteiger partial charge is 0.144 e. The summed E-state index contributed by atoms with van der Waals surface area (Å²) >= 11 is 10.3. The van der Waals surface area contributed by atoms with Gasteiger partial charge in [0.25, 0.3) is 0 Å². The molecule has 0 bridgehead atoms. The molecular weight excluding hydrogens is 444 g/mol. The fraction of sp³-hybridized carbons (Fsp3) is 0.417. The summed E-state index contributed by atoms with van der Waals surface area (Å²) in [5, 5.41) is 9.71. The summed E-state index contributed by atoms with van der Waals surface area (Å²) < 4.78 is 0. The number of hydrogen-bond donors (Lipinski definition) is 2. The van der Waals surface area contributed by atoms with Gasteiger partial charge < -0.3 is 10.6 Å². The molecule has 0 radical (unpaired) electrons. The van der Waals surface area contributed by atoms with Crippen LogP contribution >= 0.6 is 34.3 Å². The lowest BCUT2D eigenvalue weighted by Gasteiger charge is -2.23. The minimum Gasteiger partial charge on any atom is -0.350 e. The van der Waals surface area contributed by atoms with Crippen molar-refractivity contribution in [1.82, 2.24) is 10.6 Å². The zero-order valence-corrected chi connectivity index (χ0v) is 21.4. The van der Waals surface area contributed by atoms with Crippen molar-refractivity contribution in [3.63, 3.8) is 0 Å². The first-order valence-electron chi connectivity index (χ1n) is 10.6. The second-order valence-corrected chi connectivity index (χ2v) is 10.9. The molecule has 2 aliphatic heterocycles. The van der Waals surface area contributed by atoms with Gasteiger partial charge in [-0.05, 0) is 68.3 Å². The molecule has 164 valence electrons. The molecule has 0 aliphatic carbocycles. The van der Waals surface area contributed by atoms with E-state index in [0.717, 1.165) is 22.4 Å². The quantitative estimate of drug-likeness (QED) is 0.513. The third-order valence-electron chi connectivity index (χ3n) is 6.04. The Kier molecular flexibility index (Phi) is 6.16. The van der Waals surface area contributed by atoms with E-state index >= 15 is 0 Å². The van der Waals surface area contributed by atoms with Gasteiger partial charge in [0.05, 0.1) is 9.91 Å². The Morgan fingerprint density at radius 1 is 1.00 bits per heavy atom. The van der Waals surface area contributed by atoms with Gasteiger partial charge in [-0.3, -0.25) is 9.98 Å². The molecule has 31 heavy (non-hydrogen) atoms. The number of hydrogen-bond acceptors (Lipinski definition) is 6. The van der Waals surface area contributed by atoms with Crippen molar-refractivity contribution < 1.29 is 0 Å². The lowest BCUT2D eigenvalue weighted by atomic mass is 10.0. The molecule has 7 heteroatoms. The van der Waals surface area contributed by atoms with Gasteiger partial charge >= 0.3 is 0 Å². The number of aryl methyl sites for hydroxylation is 1. The van der Waals surface area contributed by atoms with Crippen molar-refractivity contribution in [2.75, 3.05) is 0 Å². The normalized spacial score (nSPS) is 21.2. The molecule has 4 rings (SSSR count). The lowest BCUT2D eigenvalue weighted by molar-refractivity contribution is 0.787. The largest absolute Gasteiger partial charge is 0.350 e. The van der Waals surface area contributed by atoms with Crippen LogP contribution in [0.1, 0.15) is 69.7 Å². The number of halogens is 1. The van der Waals surface area contributed by atoms with Gasteiger partial charge in [0, 0.05) is 27.6 Å². The number of allylic oxidation sites excluding steroid dienone is 1. The molecular formula is C24H29ClN4S2. The molecule has 4 heterocycles. The zero-order valence-electron chi connectivity index (χ0n) is 19.1. The van der Waals surface area contributed by atoms with Crippen molar-refractivity contribution in [3.05, 3.63) is 65.3 Å². The molecule has 0 saturated carbocycles. The van der Waals surface area contributed by atoms with Crippen molar-refractivity contribution in [3.8, 4) is 0 Å². The van der Waals surface area contributed by atoms with Crippen LogP contribution in [0.5, 0.6) is 0 Å². The summed E-state index contributed by atoms with van der Waals surface area (Å²) in [5.41, 5.74) is 6.07. The maximum absolute atomic E-state index is 6.73. The van der Waals surface area contributed by atoms with E-state index in [-0.39, 0.29) is 12.1 Å². The number of thiophene rings is 2. The van der Waals surface area contributed by atoms with E-state index < -0.39 is 0 Å². The number of nitrogens with zero attached hydrogens (tertiary/aromatic N) is 2. The Morgan fingerprint density at radius 3 is 2.39 bits per heavy atom. The summed E-state index contributed by atoms with van der Waals surface area (Å²) in [6.45, 7) is 15.0. The highest BCUT2D eigenvalue weighted by molar-refractivity contribution is 7.14. The van der Waals surface area contributed by atoms with E-state index in [0.29, 0.717) is 5.92 Å². The van der Waals surface area contributed by atoms with Gasteiger partial charge in [-0.2, -0.15) is 0 Å². The molecule has 4 nitrogen and oxygen atoms in total. The molecule has 2 aromatic rings. The SMILES string of the molecule is CC1=C(Cl)C(c2scc(C)c2C)N=C(c2sc(C3C=CNC(C(C)C)=N3)c(C)c2C)N1. The molecule has 2 aromatic heterocycles. The summed E-state index contributed by atoms with van der Waals surface area (Å²) in [4.78, 5) is 13.7. The van der Waals surface area contributed by atoms with Crippen LogP contribution in [0.4, 0.5) is 0 Å². The van der Waals surface area contributed by atoms with Gasteiger partial charge in [0.1, 0.15) is 23.8 Å². The summed E-state index contributed by atoms with van der Waals surface area (Å²) in [6.07, 6.45) is 4.15. The highest BCUT2D eigenvalue weighted by atomic mass is 35.5. The number of amidine groups is 2. The minimum atomic E-state index is -0.147. The Balaban J connectivity index is 1.76. The Hall–Kier alpha value is -1.89. The van der Waals surface area contributed by atoms with Crippen molar-refractivity contribution in [1.29, 1.82) is 0 Å². The fourth-order valence-electron chi connectivity index (χ4n) is 3.78. The van der Waals surface area contributed by atoms with E-state index in [1.165, 1.54) is 36.9 Å². The third kappa shape index (κ3) is 4.01. The Bertz CT molecular complexity index is 1150. The molecule has 2 unspecified atom stereocenters. The van der Waals surface area contributed by atoms with E-state index in [1.807, 2.05) is 13.1 Å². The second kappa shape index (κ2) is 8.57. The van der Waals surface area contributed by atoms with Crippen molar-refractivity contribution in [2.24, 2.45) is 15.9 Å². The molecule has 2 atom stereocenters. The van der Waals surface area contributed by atoms with Crippen LogP contribution in [-0.2, 0) is 0 Å². The predicted molar refractivity (Wildman–Crippen MR) is 136 cm³/mol. The molecule has 0 spiro atoms. The van der Waals surface area contributed by atoms with Crippen LogP contribution in [0.3, 0.4) is 0 Å². The maximum atomic E-state index is 6.73. The van der Waals surface area contributed by atoms with Crippen LogP contribution < -0.4 is 10.6 Å². The van der Waals surface area contributed by atoms with Crippen LogP contribution in [-0.4, -0.2) is 11.7 Å². The predicted octanol–water partition coefficient (Wildman–Crippen LogP) is 6.82. The monoisotopic (exact) mass is 472 g/mol. The van der Waals surface area contributed by atoms with Gasteiger partial charge in [-0.25, -0.2) is 0 Å². The first-order chi connectivity index (χ1) is 14.7. The summed E-state index contributed by atoms with van der Waals surface area (Å²) in [7, 11) is 0. The highest BCUT2D eigenvalue weighted by Crippen LogP contribution is 2.41. The average molecular weight is 473 g/mol. The van der Waals surface area contributed by atoms with Crippen molar-refractivity contribution in [2.45, 2.75) is 60.5 Å². The molecule has 2 aliphatic rings. The number of aliphatic imine (C=N–C) groups is 2. The number of nitrogens with one attached hydrogen (secondary N) is 2. The summed E-state index contributed by atoms with van der Waals surface area (Å²) in [6, 6.07) is -0.107. The fourth-order valence-corrected chi connectivity index (χ4v) is 6.46. The molecule has 0 fully saturated rings. The van der Waals surface area contributed by atoms with Gasteiger partial charge in [-0.15, -0.1) is 22.7 Å². The lowest BCUT2D eigenvalue weighted by Crippen LogP contribution is -2.28. The van der Waals surface area contributed by atoms with Gasteiger partial charge in [0.2, 0.25) is 0 Å². The van der Waals surface area contributed by atoms with Crippen LogP contribution in [0, 0.1) is 33.6 Å². The Morgan fingerprint density at radius 2 is 1.74 bits per heavy atom. The van der Waals surface area contributed by atoms with Gasteiger partial charge in [0.15, 0.2) is 0 Å². The zero-order chi connectivity index (χ0) is 22.4. The van der Waals surface area contributed by atoms with Gasteiger partial charge in [-0.1, -0.05) is 25.4 Å².